The van der Waals surface area contributed by atoms with Crippen molar-refractivity contribution < 1.29 is 4.79 Å². The first-order chi connectivity index (χ1) is 11.6. The second-order valence-corrected chi connectivity index (χ2v) is 6.95. The molecule has 1 saturated heterocycles. The largest absolute Gasteiger partial charge is 0.348 e. The molecule has 1 aliphatic heterocycles. The summed E-state index contributed by atoms with van der Waals surface area (Å²) >= 11 is 12.0. The topological polar surface area (TPSA) is 32.3 Å². The molecule has 3 rings (SSSR count). The van der Waals surface area contributed by atoms with Gasteiger partial charge < -0.3 is 5.32 Å². The fraction of sp³-hybridized carbons (Fsp3) is 0.316. The van der Waals surface area contributed by atoms with E-state index in [4.69, 9.17) is 23.2 Å². The maximum absolute atomic E-state index is 12.2. The molecule has 1 amide bonds. The van der Waals surface area contributed by atoms with Gasteiger partial charge in [-0.3, -0.25) is 9.69 Å². The van der Waals surface area contributed by atoms with E-state index in [1.807, 2.05) is 0 Å². The number of carbonyl (C=O) groups excluding carboxylic acids is 1. The first-order valence-corrected chi connectivity index (χ1v) is 8.91. The number of benzene rings is 2. The molecule has 0 atom stereocenters. The second-order valence-electron chi connectivity index (χ2n) is 6.11. The molecule has 2 aromatic carbocycles. The van der Waals surface area contributed by atoms with Crippen LogP contribution in [0.4, 0.5) is 0 Å². The molecular formula is C19H20Cl2N2O. The van der Waals surface area contributed by atoms with Crippen LogP contribution in [0.1, 0.15) is 34.3 Å². The van der Waals surface area contributed by atoms with Crippen molar-refractivity contribution in [3.05, 3.63) is 69.2 Å². The van der Waals surface area contributed by atoms with Crippen LogP contribution < -0.4 is 5.32 Å². The first kappa shape index (κ1) is 17.3. The Balaban J connectivity index is 1.56. The van der Waals surface area contributed by atoms with Gasteiger partial charge in [0.1, 0.15) is 0 Å². The van der Waals surface area contributed by atoms with Gasteiger partial charge in [0.05, 0.1) is 10.6 Å². The summed E-state index contributed by atoms with van der Waals surface area (Å²) < 4.78 is 0. The predicted molar refractivity (Wildman–Crippen MR) is 98.6 cm³/mol. The summed E-state index contributed by atoms with van der Waals surface area (Å²) in [6, 6.07) is 13.3. The standard InChI is InChI=1S/C19H20Cl2N2O/c20-16-7-8-18(21)17(11-16)19(24)22-12-14-3-5-15(6-4-14)13-23-9-1-2-10-23/h3-8,11H,1-2,9-10,12-13H2,(H,22,24). The molecule has 126 valence electrons. The van der Waals surface area contributed by atoms with Gasteiger partial charge in [-0.2, -0.15) is 0 Å². The molecule has 0 radical (unpaired) electrons. The average molecular weight is 363 g/mol. The number of nitrogens with one attached hydrogen (secondary N) is 1. The highest BCUT2D eigenvalue weighted by Crippen LogP contribution is 2.20. The quantitative estimate of drug-likeness (QED) is 0.847. The van der Waals surface area contributed by atoms with E-state index in [2.05, 4.69) is 34.5 Å². The van der Waals surface area contributed by atoms with Crippen LogP contribution in [-0.4, -0.2) is 23.9 Å². The molecule has 1 N–H and O–H groups in total. The molecule has 5 heteroatoms. The highest BCUT2D eigenvalue weighted by Gasteiger charge is 2.12. The number of carbonyl (C=O) groups is 1. The predicted octanol–water partition coefficient (Wildman–Crippen LogP) is 4.52. The molecule has 0 aliphatic carbocycles. The Morgan fingerprint density at radius 1 is 1.00 bits per heavy atom. The third-order valence-electron chi connectivity index (χ3n) is 4.25. The summed E-state index contributed by atoms with van der Waals surface area (Å²) in [5, 5.41) is 3.78. The molecule has 1 aliphatic rings. The monoisotopic (exact) mass is 362 g/mol. The van der Waals surface area contributed by atoms with E-state index < -0.39 is 0 Å². The SMILES string of the molecule is O=C(NCc1ccc(CN2CCCC2)cc1)c1cc(Cl)ccc1Cl. The number of amides is 1. The van der Waals surface area contributed by atoms with Gasteiger partial charge in [-0.05, 0) is 55.3 Å². The molecule has 1 fully saturated rings. The van der Waals surface area contributed by atoms with Crippen molar-refractivity contribution in [3.8, 4) is 0 Å². The summed E-state index contributed by atoms with van der Waals surface area (Å²) in [7, 11) is 0. The highest BCUT2D eigenvalue weighted by molar-refractivity contribution is 6.35. The van der Waals surface area contributed by atoms with Crippen LogP contribution in [0.2, 0.25) is 10.0 Å². The molecule has 0 unspecified atom stereocenters. The van der Waals surface area contributed by atoms with E-state index in [0.29, 0.717) is 22.2 Å². The van der Waals surface area contributed by atoms with E-state index in [0.717, 1.165) is 12.1 Å². The Labute approximate surface area is 152 Å². The lowest BCUT2D eigenvalue weighted by Crippen LogP contribution is -2.23. The number of hydrogen-bond donors (Lipinski definition) is 1. The number of likely N-dealkylation sites (tertiary alicyclic amines) is 1. The summed E-state index contributed by atoms with van der Waals surface area (Å²) in [6.45, 7) is 3.85. The van der Waals surface area contributed by atoms with Crippen LogP contribution in [0.3, 0.4) is 0 Å². The van der Waals surface area contributed by atoms with Gasteiger partial charge in [0.15, 0.2) is 0 Å². The number of halogens is 2. The lowest BCUT2D eigenvalue weighted by atomic mass is 10.1. The summed E-state index contributed by atoms with van der Waals surface area (Å²) in [5.41, 5.74) is 2.77. The Morgan fingerprint density at radius 2 is 1.67 bits per heavy atom. The van der Waals surface area contributed by atoms with E-state index in [1.54, 1.807) is 18.2 Å². The lowest BCUT2D eigenvalue weighted by molar-refractivity contribution is 0.0951. The van der Waals surface area contributed by atoms with Gasteiger partial charge in [0.2, 0.25) is 0 Å². The lowest BCUT2D eigenvalue weighted by Gasteiger charge is -2.14. The van der Waals surface area contributed by atoms with Crippen LogP contribution >= 0.6 is 23.2 Å². The number of nitrogens with zero attached hydrogens (tertiary/aromatic N) is 1. The van der Waals surface area contributed by atoms with Gasteiger partial charge in [-0.25, -0.2) is 0 Å². The number of hydrogen-bond acceptors (Lipinski definition) is 2. The van der Waals surface area contributed by atoms with Crippen LogP contribution in [-0.2, 0) is 13.1 Å². The van der Waals surface area contributed by atoms with Crippen LogP contribution in [0.5, 0.6) is 0 Å². The Hall–Kier alpha value is -1.55. The summed E-state index contributed by atoms with van der Waals surface area (Å²) in [6.07, 6.45) is 2.60. The maximum atomic E-state index is 12.2. The third-order valence-corrected chi connectivity index (χ3v) is 4.82. The van der Waals surface area contributed by atoms with Gasteiger partial charge in [-0.1, -0.05) is 47.5 Å². The van der Waals surface area contributed by atoms with Crippen molar-refractivity contribution in [2.75, 3.05) is 13.1 Å². The van der Waals surface area contributed by atoms with Crippen LogP contribution in [0.25, 0.3) is 0 Å². The van der Waals surface area contributed by atoms with Gasteiger partial charge in [-0.15, -0.1) is 0 Å². The molecule has 1 heterocycles. The molecule has 3 nitrogen and oxygen atoms in total. The van der Waals surface area contributed by atoms with Crippen molar-refractivity contribution in [1.29, 1.82) is 0 Å². The zero-order valence-electron chi connectivity index (χ0n) is 13.4. The second kappa shape index (κ2) is 8.02. The fourth-order valence-corrected chi connectivity index (χ4v) is 3.29. The zero-order valence-corrected chi connectivity index (χ0v) is 14.9. The van der Waals surface area contributed by atoms with E-state index in [1.165, 1.54) is 31.5 Å². The maximum Gasteiger partial charge on any atom is 0.253 e. The van der Waals surface area contributed by atoms with Gasteiger partial charge in [0.25, 0.3) is 5.91 Å². The van der Waals surface area contributed by atoms with E-state index >= 15 is 0 Å². The molecule has 0 spiro atoms. The Morgan fingerprint density at radius 3 is 2.38 bits per heavy atom. The molecule has 24 heavy (non-hydrogen) atoms. The fourth-order valence-electron chi connectivity index (χ4n) is 2.91. The third kappa shape index (κ3) is 4.50. The molecular weight excluding hydrogens is 343 g/mol. The van der Waals surface area contributed by atoms with Gasteiger partial charge >= 0.3 is 0 Å². The summed E-state index contributed by atoms with van der Waals surface area (Å²) in [5.74, 6) is -0.219. The Bertz CT molecular complexity index is 710. The van der Waals surface area contributed by atoms with Crippen molar-refractivity contribution in [2.24, 2.45) is 0 Å². The van der Waals surface area contributed by atoms with Crippen molar-refractivity contribution in [2.45, 2.75) is 25.9 Å². The van der Waals surface area contributed by atoms with Crippen molar-refractivity contribution in [1.82, 2.24) is 10.2 Å². The smallest absolute Gasteiger partial charge is 0.253 e. The van der Waals surface area contributed by atoms with Crippen molar-refractivity contribution in [3.63, 3.8) is 0 Å². The molecule has 2 aromatic rings. The molecule has 0 saturated carbocycles. The van der Waals surface area contributed by atoms with Crippen LogP contribution in [0, 0.1) is 0 Å². The normalized spacial score (nSPS) is 14.8. The minimum absolute atomic E-state index is 0.219. The number of rotatable bonds is 5. The average Bonchev–Trinajstić information content (AvgIpc) is 3.09. The summed E-state index contributed by atoms with van der Waals surface area (Å²) in [4.78, 5) is 14.7. The van der Waals surface area contributed by atoms with E-state index in [-0.39, 0.29) is 5.91 Å². The zero-order chi connectivity index (χ0) is 16.9. The van der Waals surface area contributed by atoms with E-state index in [9.17, 15) is 4.79 Å². The van der Waals surface area contributed by atoms with Crippen molar-refractivity contribution >= 4 is 29.1 Å². The minimum atomic E-state index is -0.219. The highest BCUT2D eigenvalue weighted by atomic mass is 35.5. The van der Waals surface area contributed by atoms with Gasteiger partial charge in [0, 0.05) is 18.1 Å². The minimum Gasteiger partial charge on any atom is -0.348 e. The first-order valence-electron chi connectivity index (χ1n) is 8.15. The Kier molecular flexibility index (Phi) is 5.77. The molecule has 0 bridgehead atoms. The van der Waals surface area contributed by atoms with Crippen LogP contribution in [0.15, 0.2) is 42.5 Å². The molecule has 0 aromatic heterocycles.